The van der Waals surface area contributed by atoms with E-state index in [0.29, 0.717) is 37.7 Å². The van der Waals surface area contributed by atoms with E-state index in [2.05, 4.69) is 20.3 Å². The number of carbonyl (C=O) groups is 3. The SMILES string of the molecule is CCCCCN(C(=O)c1nnc(-c2ccccc2)o1)C(=O)C1(NC(=O)c2ccc(OC(F)(F)F)cc2)CCCCC1. The molecule has 1 aliphatic rings. The van der Waals surface area contributed by atoms with E-state index < -0.39 is 35.4 Å². The van der Waals surface area contributed by atoms with Gasteiger partial charge in [0.1, 0.15) is 11.3 Å². The van der Waals surface area contributed by atoms with Crippen LogP contribution in [0.5, 0.6) is 5.75 Å². The number of nitrogens with zero attached hydrogens (tertiary/aromatic N) is 3. The summed E-state index contributed by atoms with van der Waals surface area (Å²) in [5, 5.41) is 10.7. The number of benzene rings is 2. The molecule has 1 N–H and O–H groups in total. The molecule has 3 aromatic rings. The minimum atomic E-state index is -4.86. The first-order chi connectivity index (χ1) is 19.6. The van der Waals surface area contributed by atoms with Crippen LogP contribution < -0.4 is 10.1 Å². The molecular weight excluding hydrogens is 541 g/mol. The van der Waals surface area contributed by atoms with Crippen molar-refractivity contribution in [3.63, 3.8) is 0 Å². The first-order valence-corrected chi connectivity index (χ1v) is 13.6. The largest absolute Gasteiger partial charge is 0.573 e. The maximum atomic E-state index is 14.1. The van der Waals surface area contributed by atoms with Crippen LogP contribution >= 0.6 is 0 Å². The van der Waals surface area contributed by atoms with Crippen molar-refractivity contribution in [3.05, 3.63) is 66.1 Å². The van der Waals surface area contributed by atoms with E-state index in [1.807, 2.05) is 13.0 Å². The summed E-state index contributed by atoms with van der Waals surface area (Å²) in [6, 6.07) is 13.3. The molecule has 0 radical (unpaired) electrons. The molecule has 1 heterocycles. The molecule has 0 saturated heterocycles. The molecule has 1 aromatic heterocycles. The predicted molar refractivity (Wildman–Crippen MR) is 142 cm³/mol. The van der Waals surface area contributed by atoms with Crippen molar-refractivity contribution < 1.29 is 36.7 Å². The number of ether oxygens (including phenoxy) is 1. The second kappa shape index (κ2) is 13.0. The molecule has 12 heteroatoms. The summed E-state index contributed by atoms with van der Waals surface area (Å²) >= 11 is 0. The number of imide groups is 1. The monoisotopic (exact) mass is 572 g/mol. The van der Waals surface area contributed by atoms with Crippen LogP contribution in [-0.2, 0) is 4.79 Å². The Morgan fingerprint density at radius 2 is 1.66 bits per heavy atom. The number of alkyl halides is 3. The van der Waals surface area contributed by atoms with E-state index in [1.54, 1.807) is 24.3 Å². The summed E-state index contributed by atoms with van der Waals surface area (Å²) < 4.78 is 47.1. The Kier molecular flexibility index (Phi) is 9.41. The van der Waals surface area contributed by atoms with Gasteiger partial charge >= 0.3 is 18.2 Å². The summed E-state index contributed by atoms with van der Waals surface area (Å²) in [5.74, 6) is -2.67. The first kappa shape index (κ1) is 29.8. The van der Waals surface area contributed by atoms with Crippen molar-refractivity contribution >= 4 is 17.7 Å². The van der Waals surface area contributed by atoms with E-state index in [-0.39, 0.29) is 23.9 Å². The van der Waals surface area contributed by atoms with Crippen LogP contribution in [0.2, 0.25) is 0 Å². The van der Waals surface area contributed by atoms with Gasteiger partial charge in [-0.15, -0.1) is 23.4 Å². The summed E-state index contributed by atoms with van der Waals surface area (Å²) in [4.78, 5) is 42.1. The van der Waals surface area contributed by atoms with Crippen LogP contribution in [-0.4, -0.2) is 51.3 Å². The zero-order valence-electron chi connectivity index (χ0n) is 22.6. The number of hydrogen-bond acceptors (Lipinski definition) is 7. The van der Waals surface area contributed by atoms with Crippen molar-refractivity contribution in [3.8, 4) is 17.2 Å². The minimum Gasteiger partial charge on any atom is -0.412 e. The molecule has 0 aliphatic heterocycles. The van der Waals surface area contributed by atoms with Gasteiger partial charge in [-0.05, 0) is 55.7 Å². The maximum Gasteiger partial charge on any atom is 0.573 e. The highest BCUT2D eigenvalue weighted by atomic mass is 19.4. The first-order valence-electron chi connectivity index (χ1n) is 13.6. The number of hydrogen-bond donors (Lipinski definition) is 1. The number of halogens is 3. The lowest BCUT2D eigenvalue weighted by Gasteiger charge is -2.39. The molecule has 3 amide bonds. The van der Waals surface area contributed by atoms with E-state index >= 15 is 0 Å². The lowest BCUT2D eigenvalue weighted by atomic mass is 9.80. The maximum absolute atomic E-state index is 14.1. The zero-order valence-corrected chi connectivity index (χ0v) is 22.6. The molecule has 218 valence electrons. The van der Waals surface area contributed by atoms with Gasteiger partial charge in [0.15, 0.2) is 0 Å². The van der Waals surface area contributed by atoms with E-state index in [4.69, 9.17) is 4.42 Å². The second-order valence-corrected chi connectivity index (χ2v) is 9.92. The fourth-order valence-corrected chi connectivity index (χ4v) is 4.84. The molecule has 1 fully saturated rings. The molecule has 1 aliphatic carbocycles. The quantitative estimate of drug-likeness (QED) is 0.237. The Balaban J connectivity index is 1.59. The Labute approximate surface area is 235 Å². The van der Waals surface area contributed by atoms with Gasteiger partial charge in [-0.2, -0.15) is 0 Å². The second-order valence-electron chi connectivity index (χ2n) is 9.92. The van der Waals surface area contributed by atoms with Crippen LogP contribution in [0.4, 0.5) is 13.2 Å². The molecule has 4 rings (SSSR count). The van der Waals surface area contributed by atoms with Crippen LogP contribution in [0.3, 0.4) is 0 Å². The van der Waals surface area contributed by atoms with Crippen molar-refractivity contribution in [1.82, 2.24) is 20.4 Å². The van der Waals surface area contributed by atoms with E-state index in [1.165, 1.54) is 12.1 Å². The smallest absolute Gasteiger partial charge is 0.412 e. The molecular formula is C29H31F3N4O5. The minimum absolute atomic E-state index is 0.0468. The van der Waals surface area contributed by atoms with Crippen molar-refractivity contribution in [2.24, 2.45) is 0 Å². The van der Waals surface area contributed by atoms with Gasteiger partial charge in [-0.3, -0.25) is 19.3 Å². The van der Waals surface area contributed by atoms with Crippen molar-refractivity contribution in [1.29, 1.82) is 0 Å². The Bertz CT molecular complexity index is 1340. The number of aromatic nitrogens is 2. The molecule has 9 nitrogen and oxygen atoms in total. The van der Waals surface area contributed by atoms with Crippen molar-refractivity contribution in [2.75, 3.05) is 6.54 Å². The molecule has 0 atom stereocenters. The summed E-state index contributed by atoms with van der Waals surface area (Å²) in [6.45, 7) is 2.08. The number of nitrogens with one attached hydrogen (secondary N) is 1. The summed E-state index contributed by atoms with van der Waals surface area (Å²) in [6.07, 6.45) is 0.0108. The predicted octanol–water partition coefficient (Wildman–Crippen LogP) is 5.93. The number of amides is 3. The Morgan fingerprint density at radius 1 is 0.976 bits per heavy atom. The fraction of sp³-hybridized carbons (Fsp3) is 0.414. The van der Waals surface area contributed by atoms with Gasteiger partial charge in [0.25, 0.3) is 11.8 Å². The van der Waals surface area contributed by atoms with Crippen LogP contribution in [0.25, 0.3) is 11.5 Å². The number of unbranched alkanes of at least 4 members (excludes halogenated alkanes) is 2. The average molecular weight is 573 g/mol. The van der Waals surface area contributed by atoms with Gasteiger partial charge in [-0.25, -0.2) is 0 Å². The van der Waals surface area contributed by atoms with Crippen LogP contribution in [0.15, 0.2) is 59.0 Å². The highest BCUT2D eigenvalue weighted by Gasteiger charge is 2.46. The lowest BCUT2D eigenvalue weighted by molar-refractivity contribution is -0.274. The molecule has 41 heavy (non-hydrogen) atoms. The lowest BCUT2D eigenvalue weighted by Crippen LogP contribution is -2.61. The van der Waals surface area contributed by atoms with Gasteiger partial charge in [0, 0.05) is 17.7 Å². The van der Waals surface area contributed by atoms with Gasteiger partial charge in [-0.1, -0.05) is 57.2 Å². The van der Waals surface area contributed by atoms with Crippen LogP contribution in [0, 0.1) is 0 Å². The molecule has 0 bridgehead atoms. The molecule has 1 saturated carbocycles. The zero-order chi connectivity index (χ0) is 29.5. The summed E-state index contributed by atoms with van der Waals surface area (Å²) in [5.41, 5.74) is -0.725. The van der Waals surface area contributed by atoms with Crippen molar-refractivity contribution in [2.45, 2.75) is 70.2 Å². The third-order valence-corrected chi connectivity index (χ3v) is 6.92. The molecule has 2 aromatic carbocycles. The number of carbonyl (C=O) groups excluding carboxylic acids is 3. The highest BCUT2D eigenvalue weighted by molar-refractivity contribution is 6.07. The van der Waals surface area contributed by atoms with E-state index in [0.717, 1.165) is 36.3 Å². The van der Waals surface area contributed by atoms with Gasteiger partial charge in [0.2, 0.25) is 5.89 Å². The molecule has 0 unspecified atom stereocenters. The highest BCUT2D eigenvalue weighted by Crippen LogP contribution is 2.32. The standard InChI is InChI=1S/C29H31F3N4O5/c1-2-3-10-19-36(26(38)25-35-34-24(40-25)21-11-6-4-7-12-21)27(39)28(17-8-5-9-18-28)33-23(37)20-13-15-22(16-14-20)41-29(30,31)32/h4,6-7,11-16H,2-3,5,8-10,17-19H2,1H3,(H,33,37). The van der Waals surface area contributed by atoms with Gasteiger partial charge < -0.3 is 14.5 Å². The Morgan fingerprint density at radius 3 is 2.29 bits per heavy atom. The average Bonchev–Trinajstić information content (AvgIpc) is 3.46. The third kappa shape index (κ3) is 7.50. The summed E-state index contributed by atoms with van der Waals surface area (Å²) in [7, 11) is 0. The van der Waals surface area contributed by atoms with Gasteiger partial charge in [0.05, 0.1) is 0 Å². The number of rotatable bonds is 10. The van der Waals surface area contributed by atoms with Crippen LogP contribution in [0.1, 0.15) is 79.3 Å². The van der Waals surface area contributed by atoms with E-state index in [9.17, 15) is 27.6 Å². The third-order valence-electron chi connectivity index (χ3n) is 6.92. The fourth-order valence-electron chi connectivity index (χ4n) is 4.84. The normalized spacial score (nSPS) is 14.7. The topological polar surface area (TPSA) is 115 Å². The molecule has 0 spiro atoms. The Hall–Kier alpha value is -4.22.